The molecule has 1 amide bonds. The number of carbonyl (C=O) groups is 1. The zero-order chi connectivity index (χ0) is 21.1. The molecule has 150 valence electrons. The Bertz CT molecular complexity index is 1230. The van der Waals surface area contributed by atoms with Crippen LogP contribution in [-0.2, 0) is 11.3 Å². The molecule has 0 atom stereocenters. The SMILES string of the molecule is O=C(Cn1c(-c2ccccn2)nc2ccccc21)N/N=C\c1cc(Br)c(O)c(Br)c1. The largest absolute Gasteiger partial charge is 0.506 e. The molecular weight excluding hydrogens is 514 g/mol. The fraction of sp³-hybridized carbons (Fsp3) is 0.0476. The van der Waals surface area contributed by atoms with Gasteiger partial charge in [-0.2, -0.15) is 5.10 Å². The van der Waals surface area contributed by atoms with Crippen LogP contribution in [0, 0.1) is 0 Å². The highest BCUT2D eigenvalue weighted by Gasteiger charge is 2.15. The van der Waals surface area contributed by atoms with Gasteiger partial charge in [-0.15, -0.1) is 0 Å². The Morgan fingerprint density at radius 3 is 2.60 bits per heavy atom. The van der Waals surface area contributed by atoms with E-state index >= 15 is 0 Å². The Hall–Kier alpha value is -3.04. The van der Waals surface area contributed by atoms with Gasteiger partial charge in [-0.1, -0.05) is 18.2 Å². The molecule has 0 radical (unpaired) electrons. The Kier molecular flexibility index (Phi) is 5.91. The number of pyridine rings is 1. The molecule has 0 aliphatic carbocycles. The van der Waals surface area contributed by atoms with Crippen molar-refractivity contribution in [1.82, 2.24) is 20.0 Å². The van der Waals surface area contributed by atoms with E-state index in [4.69, 9.17) is 0 Å². The number of hydrazone groups is 1. The summed E-state index contributed by atoms with van der Waals surface area (Å²) in [6, 6.07) is 16.6. The molecular formula is C21H15Br2N5O2. The second kappa shape index (κ2) is 8.76. The summed E-state index contributed by atoms with van der Waals surface area (Å²) in [5, 5.41) is 13.8. The first-order valence-corrected chi connectivity index (χ1v) is 10.5. The number of nitrogens with zero attached hydrogens (tertiary/aromatic N) is 4. The summed E-state index contributed by atoms with van der Waals surface area (Å²) in [6.45, 7) is 0.0345. The molecule has 0 saturated carbocycles. The predicted octanol–water partition coefficient (Wildman–Crippen LogP) is 4.48. The highest BCUT2D eigenvalue weighted by Crippen LogP contribution is 2.32. The molecule has 2 aromatic heterocycles. The number of benzene rings is 2. The number of rotatable bonds is 5. The van der Waals surface area contributed by atoms with Crippen LogP contribution in [0.4, 0.5) is 0 Å². The zero-order valence-corrected chi connectivity index (χ0v) is 18.6. The predicted molar refractivity (Wildman–Crippen MR) is 122 cm³/mol. The van der Waals surface area contributed by atoms with Crippen LogP contribution in [-0.4, -0.2) is 31.8 Å². The van der Waals surface area contributed by atoms with Crippen LogP contribution >= 0.6 is 31.9 Å². The average molecular weight is 529 g/mol. The molecule has 2 N–H and O–H groups in total. The molecule has 30 heavy (non-hydrogen) atoms. The Balaban J connectivity index is 1.56. The molecule has 0 fully saturated rings. The molecule has 0 bridgehead atoms. The van der Waals surface area contributed by atoms with Crippen LogP contribution in [0.2, 0.25) is 0 Å². The maximum absolute atomic E-state index is 12.6. The van der Waals surface area contributed by atoms with Crippen molar-refractivity contribution in [2.24, 2.45) is 5.10 Å². The third-order valence-electron chi connectivity index (χ3n) is 4.29. The number of para-hydroxylation sites is 2. The molecule has 7 nitrogen and oxygen atoms in total. The van der Waals surface area contributed by atoms with E-state index < -0.39 is 0 Å². The van der Waals surface area contributed by atoms with Crippen LogP contribution in [0.15, 0.2) is 74.8 Å². The van der Waals surface area contributed by atoms with E-state index in [1.165, 1.54) is 6.21 Å². The van der Waals surface area contributed by atoms with Crippen LogP contribution in [0.25, 0.3) is 22.6 Å². The number of imidazole rings is 1. The fourth-order valence-electron chi connectivity index (χ4n) is 2.94. The van der Waals surface area contributed by atoms with Gasteiger partial charge in [-0.3, -0.25) is 9.78 Å². The van der Waals surface area contributed by atoms with Crippen LogP contribution in [0.5, 0.6) is 5.75 Å². The molecule has 2 aromatic carbocycles. The van der Waals surface area contributed by atoms with Crippen LogP contribution in [0.3, 0.4) is 0 Å². The molecule has 0 spiro atoms. The van der Waals surface area contributed by atoms with E-state index in [-0.39, 0.29) is 18.2 Å². The van der Waals surface area contributed by atoms with Crippen molar-refractivity contribution in [2.45, 2.75) is 6.54 Å². The van der Waals surface area contributed by atoms with E-state index in [2.05, 4.69) is 52.4 Å². The average Bonchev–Trinajstić information content (AvgIpc) is 3.11. The number of hydrogen-bond acceptors (Lipinski definition) is 5. The molecule has 0 saturated heterocycles. The maximum atomic E-state index is 12.6. The van der Waals surface area contributed by atoms with Crippen LogP contribution in [0.1, 0.15) is 5.56 Å². The number of phenols is 1. The Morgan fingerprint density at radius 2 is 1.87 bits per heavy atom. The summed E-state index contributed by atoms with van der Waals surface area (Å²) >= 11 is 6.53. The van der Waals surface area contributed by atoms with Gasteiger partial charge in [0.1, 0.15) is 18.0 Å². The van der Waals surface area contributed by atoms with Crippen molar-refractivity contribution in [2.75, 3.05) is 0 Å². The molecule has 0 unspecified atom stereocenters. The van der Waals surface area contributed by atoms with Gasteiger partial charge in [0.2, 0.25) is 0 Å². The van der Waals surface area contributed by atoms with Crippen molar-refractivity contribution in [3.63, 3.8) is 0 Å². The Labute approximate surface area is 188 Å². The van der Waals surface area contributed by atoms with Gasteiger partial charge in [0, 0.05) is 6.20 Å². The number of fused-ring (bicyclic) bond motifs is 1. The topological polar surface area (TPSA) is 92.4 Å². The first kappa shape index (κ1) is 20.2. The maximum Gasteiger partial charge on any atom is 0.260 e. The van der Waals surface area contributed by atoms with Crippen molar-refractivity contribution >= 4 is 55.0 Å². The fourth-order valence-corrected chi connectivity index (χ4v) is 4.17. The first-order valence-electron chi connectivity index (χ1n) is 8.89. The molecule has 4 aromatic rings. The van der Waals surface area contributed by atoms with E-state index in [1.807, 2.05) is 47.0 Å². The van der Waals surface area contributed by atoms with Gasteiger partial charge in [-0.25, -0.2) is 10.4 Å². The van der Waals surface area contributed by atoms with Crippen molar-refractivity contribution < 1.29 is 9.90 Å². The number of hydrogen-bond donors (Lipinski definition) is 2. The Morgan fingerprint density at radius 1 is 1.13 bits per heavy atom. The number of halogens is 2. The van der Waals surface area contributed by atoms with Gasteiger partial charge in [0.05, 0.1) is 26.2 Å². The monoisotopic (exact) mass is 527 g/mol. The lowest BCUT2D eigenvalue weighted by atomic mass is 10.2. The summed E-state index contributed by atoms with van der Waals surface area (Å²) in [5.74, 6) is 0.413. The molecule has 4 rings (SSSR count). The number of amides is 1. The van der Waals surface area contributed by atoms with Gasteiger partial charge < -0.3 is 9.67 Å². The lowest BCUT2D eigenvalue weighted by molar-refractivity contribution is -0.121. The third kappa shape index (κ3) is 4.27. The summed E-state index contributed by atoms with van der Waals surface area (Å²) < 4.78 is 2.86. The summed E-state index contributed by atoms with van der Waals surface area (Å²) in [7, 11) is 0. The lowest BCUT2D eigenvalue weighted by Gasteiger charge is -2.08. The van der Waals surface area contributed by atoms with E-state index in [0.717, 1.165) is 11.0 Å². The standard InChI is InChI=1S/C21H15Br2N5O2/c22-14-9-13(10-15(23)20(14)30)11-25-27-19(29)12-28-18-7-2-1-5-16(18)26-21(28)17-6-3-4-8-24-17/h1-11,30H,12H2,(H,27,29)/b25-11-. The summed E-state index contributed by atoms with van der Waals surface area (Å²) in [4.78, 5) is 21.6. The lowest BCUT2D eigenvalue weighted by Crippen LogP contribution is -2.23. The number of phenolic OH excluding ortho intramolecular Hbond substituents is 1. The van der Waals surface area contributed by atoms with E-state index in [1.54, 1.807) is 18.3 Å². The number of aromatic hydroxyl groups is 1. The van der Waals surface area contributed by atoms with Crippen molar-refractivity contribution in [3.05, 3.63) is 75.3 Å². The minimum atomic E-state index is -0.302. The molecule has 9 heteroatoms. The second-order valence-corrected chi connectivity index (χ2v) is 8.06. The minimum absolute atomic E-state index is 0.0345. The highest BCUT2D eigenvalue weighted by atomic mass is 79.9. The molecule has 0 aliphatic heterocycles. The summed E-state index contributed by atoms with van der Waals surface area (Å²) in [6.07, 6.45) is 3.19. The number of nitrogens with one attached hydrogen (secondary N) is 1. The summed E-state index contributed by atoms with van der Waals surface area (Å²) in [5.41, 5.74) is 5.54. The molecule has 0 aliphatic rings. The van der Waals surface area contributed by atoms with E-state index in [0.29, 0.717) is 26.0 Å². The number of aromatic nitrogens is 3. The normalized spacial score (nSPS) is 11.3. The minimum Gasteiger partial charge on any atom is -0.506 e. The first-order chi connectivity index (χ1) is 14.5. The molecule has 2 heterocycles. The van der Waals surface area contributed by atoms with Gasteiger partial charge >= 0.3 is 0 Å². The zero-order valence-electron chi connectivity index (χ0n) is 15.5. The van der Waals surface area contributed by atoms with Crippen molar-refractivity contribution in [1.29, 1.82) is 0 Å². The quantitative estimate of drug-likeness (QED) is 0.295. The van der Waals surface area contributed by atoms with Gasteiger partial charge in [-0.05, 0) is 73.8 Å². The smallest absolute Gasteiger partial charge is 0.260 e. The second-order valence-electron chi connectivity index (χ2n) is 6.35. The highest BCUT2D eigenvalue weighted by molar-refractivity contribution is 9.11. The van der Waals surface area contributed by atoms with Crippen molar-refractivity contribution in [3.8, 4) is 17.3 Å². The van der Waals surface area contributed by atoms with Crippen LogP contribution < -0.4 is 5.43 Å². The van der Waals surface area contributed by atoms with E-state index in [9.17, 15) is 9.90 Å². The third-order valence-corrected chi connectivity index (χ3v) is 5.50. The van der Waals surface area contributed by atoms with Gasteiger partial charge in [0.25, 0.3) is 5.91 Å². The number of carbonyl (C=O) groups excluding carboxylic acids is 1. The van der Waals surface area contributed by atoms with Gasteiger partial charge in [0.15, 0.2) is 5.82 Å².